The minimum atomic E-state index is -0.818. The number of carbonyl (C=O) groups is 1. The maximum absolute atomic E-state index is 13.7. The maximum Gasteiger partial charge on any atom is 0.276 e. The van der Waals surface area contributed by atoms with E-state index in [0.29, 0.717) is 11.5 Å². The topological polar surface area (TPSA) is 75.5 Å². The summed E-state index contributed by atoms with van der Waals surface area (Å²) in [5.41, 5.74) is 0. The molecule has 25 heavy (non-hydrogen) atoms. The van der Waals surface area contributed by atoms with Gasteiger partial charge in [-0.2, -0.15) is 5.26 Å². The van der Waals surface area contributed by atoms with Gasteiger partial charge in [0, 0.05) is 12.7 Å². The highest BCUT2D eigenvalue weighted by molar-refractivity contribution is 6.30. The van der Waals surface area contributed by atoms with Crippen LogP contribution in [0.3, 0.4) is 0 Å². The molecule has 1 heterocycles. The minimum absolute atomic E-state index is 0.172. The lowest BCUT2D eigenvalue weighted by Gasteiger charge is -2.18. The van der Waals surface area contributed by atoms with Crippen LogP contribution in [0.1, 0.15) is 13.8 Å². The average molecular weight is 364 g/mol. The Bertz CT molecular complexity index is 793. The number of carbonyl (C=O) groups excluding carboxylic acids is 1. The van der Waals surface area contributed by atoms with E-state index in [0.717, 1.165) is 11.0 Å². The van der Waals surface area contributed by atoms with Gasteiger partial charge in [0.15, 0.2) is 18.1 Å². The lowest BCUT2D eigenvalue weighted by molar-refractivity contribution is -0.134. The van der Waals surface area contributed by atoms with Gasteiger partial charge in [-0.25, -0.2) is 14.3 Å². The molecule has 0 saturated heterocycles. The molecular weight excluding hydrogens is 349 g/mol. The van der Waals surface area contributed by atoms with Gasteiger partial charge in [-0.15, -0.1) is 0 Å². The lowest BCUT2D eigenvalue weighted by Crippen LogP contribution is -2.37. The van der Waals surface area contributed by atoms with E-state index in [2.05, 4.69) is 4.98 Å². The quantitative estimate of drug-likeness (QED) is 0.577. The third-order valence-corrected chi connectivity index (χ3v) is 3.38. The van der Waals surface area contributed by atoms with Crippen LogP contribution in [0.2, 0.25) is 5.02 Å². The molecule has 130 valence electrons. The molecule has 6 nitrogen and oxygen atoms in total. The predicted octanol–water partition coefficient (Wildman–Crippen LogP) is 3.76. The Morgan fingerprint density at radius 2 is 2.04 bits per heavy atom. The molecule has 1 amide bonds. The van der Waals surface area contributed by atoms with Crippen LogP contribution in [0.15, 0.2) is 36.5 Å². The number of halogens is 2. The second kappa shape index (κ2) is 8.31. The number of benzene rings is 1. The molecule has 0 aliphatic heterocycles. The first-order valence-electron chi connectivity index (χ1n) is 7.41. The molecule has 0 fully saturated rings. The van der Waals surface area contributed by atoms with Gasteiger partial charge in [-0.05, 0) is 44.2 Å². The van der Waals surface area contributed by atoms with E-state index in [1.165, 1.54) is 6.20 Å². The first-order chi connectivity index (χ1) is 11.9. The molecule has 1 aromatic heterocycles. The van der Waals surface area contributed by atoms with Crippen molar-refractivity contribution in [1.82, 2.24) is 9.88 Å². The van der Waals surface area contributed by atoms with E-state index >= 15 is 0 Å². The number of rotatable bonds is 6. The summed E-state index contributed by atoms with van der Waals surface area (Å²) in [4.78, 5) is 16.8. The summed E-state index contributed by atoms with van der Waals surface area (Å²) in [6.45, 7) is 3.53. The van der Waals surface area contributed by atoms with E-state index in [-0.39, 0.29) is 17.4 Å². The number of likely N-dealkylation sites (N-methyl/N-ethyl adjacent to an activating group) is 1. The number of hydrogen-bond donors (Lipinski definition) is 0. The summed E-state index contributed by atoms with van der Waals surface area (Å²) in [5.74, 6) is -0.561. The van der Waals surface area contributed by atoms with Gasteiger partial charge in [-0.3, -0.25) is 4.79 Å². The third kappa shape index (κ3) is 4.81. The standard InChI is InChI=1S/C17H15ClFN3O3/c1-3-22(10-20)17(23)11(2)24-13-4-6-14(7-5-13)25-16-15(19)8-12(18)9-21-16/h4-9,11H,3H2,1-2H3. The number of aromatic nitrogens is 1. The minimum Gasteiger partial charge on any atom is -0.481 e. The van der Waals surface area contributed by atoms with Gasteiger partial charge in [0.05, 0.1) is 5.02 Å². The van der Waals surface area contributed by atoms with Gasteiger partial charge < -0.3 is 9.47 Å². The van der Waals surface area contributed by atoms with Crippen molar-refractivity contribution in [3.8, 4) is 23.6 Å². The van der Waals surface area contributed by atoms with Crippen LogP contribution in [-0.4, -0.2) is 28.4 Å². The Labute approximate surface area is 149 Å². The molecule has 1 aromatic carbocycles. The number of nitriles is 1. The Kier molecular flexibility index (Phi) is 6.14. The molecule has 1 unspecified atom stereocenters. The van der Waals surface area contributed by atoms with Gasteiger partial charge in [0.25, 0.3) is 11.8 Å². The third-order valence-electron chi connectivity index (χ3n) is 3.18. The van der Waals surface area contributed by atoms with Crippen LogP contribution in [-0.2, 0) is 4.79 Å². The molecule has 2 aromatic rings. The number of nitrogens with zero attached hydrogens (tertiary/aromatic N) is 3. The van der Waals surface area contributed by atoms with Crippen LogP contribution in [0.25, 0.3) is 0 Å². The van der Waals surface area contributed by atoms with Crippen molar-refractivity contribution < 1.29 is 18.7 Å². The van der Waals surface area contributed by atoms with Crippen molar-refractivity contribution in [2.45, 2.75) is 20.0 Å². The Morgan fingerprint density at radius 1 is 1.40 bits per heavy atom. The van der Waals surface area contributed by atoms with Crippen molar-refractivity contribution in [2.75, 3.05) is 6.54 Å². The number of ether oxygens (including phenoxy) is 2. The van der Waals surface area contributed by atoms with Gasteiger partial charge in [0.2, 0.25) is 0 Å². The van der Waals surface area contributed by atoms with Crippen molar-refractivity contribution in [3.63, 3.8) is 0 Å². The molecule has 0 bridgehead atoms. The number of amides is 1. The van der Waals surface area contributed by atoms with Gasteiger partial charge in [0.1, 0.15) is 11.5 Å². The molecule has 1 atom stereocenters. The van der Waals surface area contributed by atoms with E-state index in [4.69, 9.17) is 26.3 Å². The van der Waals surface area contributed by atoms with Crippen molar-refractivity contribution in [1.29, 1.82) is 5.26 Å². The molecule has 0 N–H and O–H groups in total. The second-order valence-corrected chi connectivity index (χ2v) is 5.39. The lowest BCUT2D eigenvalue weighted by atomic mass is 10.3. The van der Waals surface area contributed by atoms with Crippen LogP contribution in [0, 0.1) is 17.3 Å². The van der Waals surface area contributed by atoms with Crippen LogP contribution < -0.4 is 9.47 Å². The van der Waals surface area contributed by atoms with Crippen LogP contribution in [0.4, 0.5) is 4.39 Å². The zero-order chi connectivity index (χ0) is 18.4. The summed E-state index contributed by atoms with van der Waals surface area (Å²) in [6.07, 6.45) is 2.26. The normalized spacial score (nSPS) is 11.3. The maximum atomic E-state index is 13.7. The molecule has 0 spiro atoms. The van der Waals surface area contributed by atoms with E-state index in [9.17, 15) is 9.18 Å². The fourth-order valence-electron chi connectivity index (χ4n) is 1.92. The first kappa shape index (κ1) is 18.5. The highest BCUT2D eigenvalue weighted by Crippen LogP contribution is 2.26. The fraction of sp³-hybridized carbons (Fsp3) is 0.235. The summed E-state index contributed by atoms with van der Waals surface area (Å²) >= 11 is 5.63. The van der Waals surface area contributed by atoms with E-state index in [1.54, 1.807) is 44.3 Å². The summed E-state index contributed by atoms with van der Waals surface area (Å²) in [5, 5.41) is 9.04. The zero-order valence-electron chi connectivity index (χ0n) is 13.6. The molecule has 0 aliphatic rings. The Morgan fingerprint density at radius 3 is 2.60 bits per heavy atom. The highest BCUT2D eigenvalue weighted by Gasteiger charge is 2.20. The number of hydrogen-bond acceptors (Lipinski definition) is 5. The van der Waals surface area contributed by atoms with Gasteiger partial charge in [-0.1, -0.05) is 11.6 Å². The summed E-state index contributed by atoms with van der Waals surface area (Å²) in [6, 6.07) is 7.32. The predicted molar refractivity (Wildman–Crippen MR) is 88.8 cm³/mol. The number of pyridine rings is 1. The van der Waals surface area contributed by atoms with E-state index in [1.807, 2.05) is 0 Å². The molecule has 0 saturated carbocycles. The van der Waals surface area contributed by atoms with Gasteiger partial charge >= 0.3 is 0 Å². The smallest absolute Gasteiger partial charge is 0.276 e. The Hall–Kier alpha value is -2.85. The second-order valence-electron chi connectivity index (χ2n) is 4.96. The molecule has 8 heteroatoms. The van der Waals surface area contributed by atoms with Crippen molar-refractivity contribution in [3.05, 3.63) is 47.4 Å². The van der Waals surface area contributed by atoms with E-state index < -0.39 is 17.8 Å². The molecule has 0 aliphatic carbocycles. The van der Waals surface area contributed by atoms with Crippen molar-refractivity contribution in [2.24, 2.45) is 0 Å². The van der Waals surface area contributed by atoms with Crippen molar-refractivity contribution >= 4 is 17.5 Å². The monoisotopic (exact) mass is 363 g/mol. The summed E-state index contributed by atoms with van der Waals surface area (Å²) in [7, 11) is 0. The van der Waals surface area contributed by atoms with Crippen LogP contribution in [0.5, 0.6) is 17.4 Å². The molecule has 0 radical (unpaired) electrons. The average Bonchev–Trinajstić information content (AvgIpc) is 2.60. The fourth-order valence-corrected chi connectivity index (χ4v) is 2.07. The largest absolute Gasteiger partial charge is 0.481 e. The van der Waals surface area contributed by atoms with Crippen LogP contribution >= 0.6 is 11.6 Å². The highest BCUT2D eigenvalue weighted by atomic mass is 35.5. The zero-order valence-corrected chi connectivity index (χ0v) is 14.3. The summed E-state index contributed by atoms with van der Waals surface area (Å²) < 4.78 is 24.5. The molecule has 2 rings (SSSR count). The first-order valence-corrected chi connectivity index (χ1v) is 7.79. The molecular formula is C17H15ClFN3O3. The Balaban J connectivity index is 2.02. The SMILES string of the molecule is CCN(C#N)C(=O)C(C)Oc1ccc(Oc2ncc(Cl)cc2F)cc1.